The van der Waals surface area contributed by atoms with Gasteiger partial charge in [0.25, 0.3) is 5.91 Å². The van der Waals surface area contributed by atoms with Gasteiger partial charge >= 0.3 is 5.97 Å². The second-order valence-electron chi connectivity index (χ2n) is 4.64. The molecule has 0 radical (unpaired) electrons. The molecule has 0 spiro atoms. The molecule has 2 rings (SSSR count). The van der Waals surface area contributed by atoms with E-state index in [0.29, 0.717) is 12.0 Å². The normalized spacial score (nSPS) is 11.7. The molecule has 0 heterocycles. The second kappa shape index (κ2) is 6.70. The van der Waals surface area contributed by atoms with Crippen molar-refractivity contribution in [1.82, 2.24) is 5.32 Å². The van der Waals surface area contributed by atoms with Crippen LogP contribution in [0.2, 0.25) is 0 Å². The zero-order valence-corrected chi connectivity index (χ0v) is 11.8. The van der Waals surface area contributed by atoms with Gasteiger partial charge in [0, 0.05) is 5.56 Å². The van der Waals surface area contributed by atoms with Crippen molar-refractivity contribution < 1.29 is 14.3 Å². The number of carbonyl (C=O) groups is 2. The lowest BCUT2D eigenvalue weighted by Crippen LogP contribution is -2.41. The van der Waals surface area contributed by atoms with Gasteiger partial charge in [0.15, 0.2) is 0 Å². The predicted octanol–water partition coefficient (Wildman–Crippen LogP) is 2.69. The van der Waals surface area contributed by atoms with Crippen LogP contribution < -0.4 is 5.32 Å². The van der Waals surface area contributed by atoms with Crippen LogP contribution in [0.1, 0.15) is 16.8 Å². The number of ether oxygens (including phenoxy) is 1. The summed E-state index contributed by atoms with van der Waals surface area (Å²) in [6.45, 7) is 3.58. The second-order valence-corrected chi connectivity index (χ2v) is 4.64. The molecule has 1 atom stereocenters. The summed E-state index contributed by atoms with van der Waals surface area (Å²) in [4.78, 5) is 23.8. The van der Waals surface area contributed by atoms with Crippen LogP contribution in [-0.2, 0) is 9.53 Å². The average molecular weight is 283 g/mol. The van der Waals surface area contributed by atoms with Crippen molar-refractivity contribution in [3.8, 4) is 0 Å². The van der Waals surface area contributed by atoms with E-state index >= 15 is 0 Å². The Balaban J connectivity index is 2.20. The maximum absolute atomic E-state index is 12.2. The fourth-order valence-electron chi connectivity index (χ4n) is 2.10. The summed E-state index contributed by atoms with van der Waals surface area (Å²) in [5.74, 6) is -0.790. The number of methoxy groups -OCH3 is 1. The molecule has 0 fully saturated rings. The van der Waals surface area contributed by atoms with Gasteiger partial charge in [-0.2, -0.15) is 0 Å². The smallest absolute Gasteiger partial charge is 0.328 e. The van der Waals surface area contributed by atoms with Crippen LogP contribution in [0.4, 0.5) is 0 Å². The van der Waals surface area contributed by atoms with Crippen molar-refractivity contribution in [1.29, 1.82) is 0 Å². The summed E-state index contributed by atoms with van der Waals surface area (Å²) < 4.78 is 4.67. The van der Waals surface area contributed by atoms with Crippen molar-refractivity contribution in [2.75, 3.05) is 7.11 Å². The maximum Gasteiger partial charge on any atom is 0.328 e. The molecule has 0 saturated carbocycles. The zero-order valence-electron chi connectivity index (χ0n) is 11.8. The molecule has 4 nitrogen and oxygen atoms in total. The first kappa shape index (κ1) is 14.8. The SMILES string of the molecule is C=CC[C@@H](NC(=O)c1ccc2ccccc2c1)C(=O)OC. The summed E-state index contributed by atoms with van der Waals surface area (Å²) in [6, 6.07) is 12.5. The van der Waals surface area contributed by atoms with Crippen molar-refractivity contribution in [2.24, 2.45) is 0 Å². The first-order valence-electron chi connectivity index (χ1n) is 6.64. The number of benzene rings is 2. The van der Waals surface area contributed by atoms with E-state index in [2.05, 4.69) is 16.6 Å². The fraction of sp³-hybridized carbons (Fsp3) is 0.176. The van der Waals surface area contributed by atoms with Crippen molar-refractivity contribution in [3.63, 3.8) is 0 Å². The quantitative estimate of drug-likeness (QED) is 0.678. The van der Waals surface area contributed by atoms with Gasteiger partial charge in [0.05, 0.1) is 7.11 Å². The minimum atomic E-state index is -0.716. The third-order valence-electron chi connectivity index (χ3n) is 3.21. The van der Waals surface area contributed by atoms with E-state index in [9.17, 15) is 9.59 Å². The summed E-state index contributed by atoms with van der Waals surface area (Å²) in [7, 11) is 1.29. The van der Waals surface area contributed by atoms with E-state index in [0.717, 1.165) is 10.8 Å². The number of rotatable bonds is 5. The van der Waals surface area contributed by atoms with E-state index < -0.39 is 12.0 Å². The highest BCUT2D eigenvalue weighted by atomic mass is 16.5. The third-order valence-corrected chi connectivity index (χ3v) is 3.21. The first-order valence-corrected chi connectivity index (χ1v) is 6.64. The summed E-state index contributed by atoms with van der Waals surface area (Å²) in [6.07, 6.45) is 1.90. The van der Waals surface area contributed by atoms with Gasteiger partial charge < -0.3 is 10.1 Å². The predicted molar refractivity (Wildman–Crippen MR) is 82.0 cm³/mol. The van der Waals surface area contributed by atoms with Gasteiger partial charge in [-0.3, -0.25) is 4.79 Å². The Bertz CT molecular complexity index is 679. The number of amides is 1. The topological polar surface area (TPSA) is 55.4 Å². The zero-order chi connectivity index (χ0) is 15.2. The minimum Gasteiger partial charge on any atom is -0.467 e. The highest BCUT2D eigenvalue weighted by molar-refractivity contribution is 6.00. The highest BCUT2D eigenvalue weighted by Gasteiger charge is 2.20. The molecule has 1 N–H and O–H groups in total. The van der Waals surface area contributed by atoms with Crippen molar-refractivity contribution >= 4 is 22.6 Å². The number of fused-ring (bicyclic) bond motifs is 1. The molecule has 2 aromatic carbocycles. The van der Waals surface area contributed by atoms with Crippen LogP contribution in [0.3, 0.4) is 0 Å². The van der Waals surface area contributed by atoms with Crippen molar-refractivity contribution in [2.45, 2.75) is 12.5 Å². The molecule has 2 aromatic rings. The number of hydrogen-bond donors (Lipinski definition) is 1. The summed E-state index contributed by atoms with van der Waals surface area (Å²) >= 11 is 0. The Labute approximate surface area is 123 Å². The molecule has 0 bridgehead atoms. The fourth-order valence-corrected chi connectivity index (χ4v) is 2.10. The van der Waals surface area contributed by atoms with Crippen LogP contribution in [0, 0.1) is 0 Å². The molecule has 108 valence electrons. The molecule has 0 aromatic heterocycles. The molecule has 0 unspecified atom stereocenters. The molecular weight excluding hydrogens is 266 g/mol. The van der Waals surface area contributed by atoms with E-state index in [4.69, 9.17) is 0 Å². The maximum atomic E-state index is 12.2. The van der Waals surface area contributed by atoms with Gasteiger partial charge in [-0.15, -0.1) is 6.58 Å². The Morgan fingerprint density at radius 1 is 1.24 bits per heavy atom. The van der Waals surface area contributed by atoms with Crippen LogP contribution >= 0.6 is 0 Å². The number of nitrogens with one attached hydrogen (secondary N) is 1. The van der Waals surface area contributed by atoms with Crippen LogP contribution in [0.15, 0.2) is 55.1 Å². The van der Waals surface area contributed by atoms with Gasteiger partial charge in [-0.05, 0) is 29.3 Å². The van der Waals surface area contributed by atoms with E-state index in [1.165, 1.54) is 7.11 Å². The van der Waals surface area contributed by atoms with E-state index in [1.54, 1.807) is 18.2 Å². The van der Waals surface area contributed by atoms with Crippen LogP contribution in [0.5, 0.6) is 0 Å². The molecule has 4 heteroatoms. The van der Waals surface area contributed by atoms with Gasteiger partial charge in [-0.25, -0.2) is 4.79 Å². The molecule has 0 aliphatic rings. The van der Waals surface area contributed by atoms with Crippen LogP contribution in [0.25, 0.3) is 10.8 Å². The molecule has 21 heavy (non-hydrogen) atoms. The largest absolute Gasteiger partial charge is 0.467 e. The highest BCUT2D eigenvalue weighted by Crippen LogP contribution is 2.15. The van der Waals surface area contributed by atoms with Crippen LogP contribution in [-0.4, -0.2) is 25.0 Å². The molecule has 1 amide bonds. The molecular formula is C17H17NO3. The Kier molecular flexibility index (Phi) is 4.72. The monoisotopic (exact) mass is 283 g/mol. The molecule has 0 aliphatic carbocycles. The Hall–Kier alpha value is -2.62. The number of hydrogen-bond acceptors (Lipinski definition) is 3. The number of esters is 1. The Morgan fingerprint density at radius 2 is 1.95 bits per heavy atom. The Morgan fingerprint density at radius 3 is 2.62 bits per heavy atom. The lowest BCUT2D eigenvalue weighted by molar-refractivity contribution is -0.142. The first-order chi connectivity index (χ1) is 10.2. The standard InChI is InChI=1S/C17H17NO3/c1-3-6-15(17(20)21-2)18-16(19)14-10-9-12-7-4-5-8-13(12)11-14/h3-5,7-11,15H,1,6H2,2H3,(H,18,19)/t15-/m1/s1. The van der Waals surface area contributed by atoms with Gasteiger partial charge in [-0.1, -0.05) is 36.4 Å². The van der Waals surface area contributed by atoms with E-state index in [-0.39, 0.29) is 5.91 Å². The van der Waals surface area contributed by atoms with Crippen molar-refractivity contribution in [3.05, 3.63) is 60.7 Å². The molecule has 0 aliphatic heterocycles. The summed E-state index contributed by atoms with van der Waals surface area (Å²) in [5.41, 5.74) is 0.506. The lowest BCUT2D eigenvalue weighted by Gasteiger charge is -2.15. The lowest BCUT2D eigenvalue weighted by atomic mass is 10.1. The minimum absolute atomic E-state index is 0.307. The average Bonchev–Trinajstić information content (AvgIpc) is 2.53. The van der Waals surface area contributed by atoms with Gasteiger partial charge in [0.2, 0.25) is 0 Å². The third kappa shape index (κ3) is 3.48. The number of carbonyl (C=O) groups excluding carboxylic acids is 2. The van der Waals surface area contributed by atoms with Gasteiger partial charge in [0.1, 0.15) is 6.04 Å². The van der Waals surface area contributed by atoms with E-state index in [1.807, 2.05) is 30.3 Å². The summed E-state index contributed by atoms with van der Waals surface area (Å²) in [5, 5.41) is 4.70. The molecule has 0 saturated heterocycles.